The Bertz CT molecular complexity index is 1620. The third kappa shape index (κ3) is 6.16. The number of halogens is 3. The molecule has 4 aromatic rings. The molecule has 0 spiro atoms. The average molecular weight is 651 g/mol. The molecule has 2 aliphatic rings. The van der Waals surface area contributed by atoms with Crippen LogP contribution in [0.4, 0.5) is 13.2 Å². The number of aromatic hydroxyl groups is 1. The van der Waals surface area contributed by atoms with Gasteiger partial charge in [0.05, 0.1) is 43.6 Å². The first kappa shape index (κ1) is 31.4. The van der Waals surface area contributed by atoms with Crippen molar-refractivity contribution in [1.29, 1.82) is 0 Å². The second-order valence-corrected chi connectivity index (χ2v) is 12.0. The van der Waals surface area contributed by atoms with E-state index < -0.39 is 71.2 Å². The summed E-state index contributed by atoms with van der Waals surface area (Å²) in [6.07, 6.45) is -1.40. The van der Waals surface area contributed by atoms with Crippen LogP contribution in [0.15, 0.2) is 48.8 Å². The fraction of sp³-hybridized carbons (Fsp3) is 0.429. The highest BCUT2D eigenvalue weighted by atomic mass is 32.2. The molecule has 0 aliphatic carbocycles. The SMILES string of the molecule is COC1C(SC2COCC(n3cc(-c4cccc(O)c4)nn3)C2O)OC(CO)C(O)C1n1cc(-c2cc(F)c(F)c(F)c2)nn1. The zero-order chi connectivity index (χ0) is 31.8. The van der Waals surface area contributed by atoms with E-state index in [9.17, 15) is 33.6 Å². The number of phenolic OH excluding ortho intramolecular Hbond substituents is 1. The van der Waals surface area contributed by atoms with Crippen LogP contribution in [-0.4, -0.2) is 112 Å². The first-order chi connectivity index (χ1) is 21.7. The van der Waals surface area contributed by atoms with Gasteiger partial charge in [-0.2, -0.15) is 0 Å². The maximum Gasteiger partial charge on any atom is 0.194 e. The van der Waals surface area contributed by atoms with Crippen LogP contribution >= 0.6 is 11.8 Å². The lowest BCUT2D eigenvalue weighted by molar-refractivity contribution is -0.186. The molecule has 45 heavy (non-hydrogen) atoms. The number of nitrogens with zero attached hydrogens (tertiary/aromatic N) is 6. The fourth-order valence-corrected chi connectivity index (χ4v) is 6.99. The monoisotopic (exact) mass is 650 g/mol. The molecule has 4 N–H and O–H groups in total. The van der Waals surface area contributed by atoms with Crippen LogP contribution in [0.1, 0.15) is 12.1 Å². The Labute approximate surface area is 258 Å². The summed E-state index contributed by atoms with van der Waals surface area (Å²) in [5.41, 5.74) is 0.190. The highest BCUT2D eigenvalue weighted by Gasteiger charge is 2.49. The van der Waals surface area contributed by atoms with Crippen LogP contribution in [-0.2, 0) is 14.2 Å². The van der Waals surface area contributed by atoms with Gasteiger partial charge in [0.25, 0.3) is 0 Å². The summed E-state index contributed by atoms with van der Waals surface area (Å²) in [6, 6.07) is 6.47. The Morgan fingerprint density at radius 1 is 0.956 bits per heavy atom. The zero-order valence-electron chi connectivity index (χ0n) is 23.6. The minimum atomic E-state index is -1.62. The summed E-state index contributed by atoms with van der Waals surface area (Å²) in [5, 5.41) is 58.1. The van der Waals surface area contributed by atoms with Gasteiger partial charge < -0.3 is 34.6 Å². The van der Waals surface area contributed by atoms with Crippen LogP contribution in [0, 0.1) is 17.5 Å². The lowest BCUT2D eigenvalue weighted by Crippen LogP contribution is -2.56. The third-order valence-electron chi connectivity index (χ3n) is 7.84. The van der Waals surface area contributed by atoms with Crippen molar-refractivity contribution in [2.75, 3.05) is 26.9 Å². The molecule has 6 rings (SSSR count). The second kappa shape index (κ2) is 13.0. The lowest BCUT2D eigenvalue weighted by atomic mass is 9.97. The molecule has 17 heteroatoms. The molecular formula is C28H29F3N6O7S. The predicted octanol–water partition coefficient (Wildman–Crippen LogP) is 1.69. The molecule has 0 amide bonds. The van der Waals surface area contributed by atoms with Gasteiger partial charge in [0.15, 0.2) is 17.5 Å². The normalized spacial score (nSPS) is 28.8. The molecule has 2 aromatic heterocycles. The van der Waals surface area contributed by atoms with Crippen LogP contribution in [0.5, 0.6) is 5.75 Å². The van der Waals surface area contributed by atoms with E-state index >= 15 is 0 Å². The number of phenols is 1. The fourth-order valence-electron chi connectivity index (χ4n) is 5.49. The van der Waals surface area contributed by atoms with Gasteiger partial charge in [0, 0.05) is 18.2 Å². The van der Waals surface area contributed by atoms with Gasteiger partial charge in [0.2, 0.25) is 0 Å². The summed E-state index contributed by atoms with van der Waals surface area (Å²) >= 11 is 1.17. The number of thioether (sulfide) groups is 1. The van der Waals surface area contributed by atoms with E-state index in [-0.39, 0.29) is 30.2 Å². The zero-order valence-corrected chi connectivity index (χ0v) is 24.4. The summed E-state index contributed by atoms with van der Waals surface area (Å²) in [7, 11) is 1.39. The number of hydrogen-bond donors (Lipinski definition) is 4. The highest BCUT2D eigenvalue weighted by molar-refractivity contribution is 8.00. The van der Waals surface area contributed by atoms with Crippen molar-refractivity contribution in [2.45, 2.75) is 47.2 Å². The number of aromatic nitrogens is 6. The van der Waals surface area contributed by atoms with E-state index in [0.29, 0.717) is 11.3 Å². The highest BCUT2D eigenvalue weighted by Crippen LogP contribution is 2.41. The molecule has 2 aromatic carbocycles. The molecule has 8 atom stereocenters. The van der Waals surface area contributed by atoms with E-state index in [1.54, 1.807) is 24.4 Å². The van der Waals surface area contributed by atoms with Crippen LogP contribution in [0.2, 0.25) is 0 Å². The molecule has 4 heterocycles. The third-order valence-corrected chi connectivity index (χ3v) is 9.25. The maximum atomic E-state index is 13.9. The number of rotatable bonds is 8. The number of methoxy groups -OCH3 is 1. The smallest absolute Gasteiger partial charge is 0.194 e. The number of hydrogen-bond acceptors (Lipinski definition) is 12. The van der Waals surface area contributed by atoms with Crippen molar-refractivity contribution in [1.82, 2.24) is 30.0 Å². The van der Waals surface area contributed by atoms with Crippen LogP contribution < -0.4 is 0 Å². The number of aliphatic hydroxyl groups excluding tert-OH is 3. The van der Waals surface area contributed by atoms with Gasteiger partial charge in [-0.25, -0.2) is 22.5 Å². The van der Waals surface area contributed by atoms with Crippen molar-refractivity contribution in [2.24, 2.45) is 0 Å². The first-order valence-corrected chi connectivity index (χ1v) is 14.8. The first-order valence-electron chi connectivity index (χ1n) is 13.8. The Morgan fingerprint density at radius 3 is 2.33 bits per heavy atom. The standard InChI is InChI=1S/C28H29F3N6O7S/c1-42-27-24(37-9-19(33-35-37)14-6-16(29)23(31)17(30)7-14)26(41)21(10-38)44-28(27)45-22-12-43-11-20(25(22)40)36-8-18(32-34-36)13-3-2-4-15(39)5-13/h2-9,20-22,24-28,38-41H,10-12H2,1H3. The minimum Gasteiger partial charge on any atom is -0.508 e. The van der Waals surface area contributed by atoms with Crippen LogP contribution in [0.25, 0.3) is 22.5 Å². The molecule has 0 saturated carbocycles. The van der Waals surface area contributed by atoms with Gasteiger partial charge >= 0.3 is 0 Å². The van der Waals surface area contributed by atoms with Gasteiger partial charge in [-0.3, -0.25) is 0 Å². The Kier molecular flexibility index (Phi) is 9.10. The lowest BCUT2D eigenvalue weighted by Gasteiger charge is -2.45. The van der Waals surface area contributed by atoms with Gasteiger partial charge in [0.1, 0.15) is 53.0 Å². The molecule has 2 aliphatic heterocycles. The van der Waals surface area contributed by atoms with Crippen molar-refractivity contribution in [3.63, 3.8) is 0 Å². The molecule has 0 radical (unpaired) electrons. The van der Waals surface area contributed by atoms with Crippen molar-refractivity contribution >= 4 is 11.8 Å². The molecule has 2 fully saturated rings. The van der Waals surface area contributed by atoms with Crippen LogP contribution in [0.3, 0.4) is 0 Å². The van der Waals surface area contributed by atoms with Gasteiger partial charge in [-0.15, -0.1) is 22.0 Å². The molecule has 240 valence electrons. The number of aliphatic hydroxyl groups is 3. The summed E-state index contributed by atoms with van der Waals surface area (Å²) in [4.78, 5) is 0. The molecular weight excluding hydrogens is 621 g/mol. The minimum absolute atomic E-state index is 0.00274. The molecule has 0 bridgehead atoms. The molecule has 13 nitrogen and oxygen atoms in total. The van der Waals surface area contributed by atoms with E-state index in [0.717, 1.165) is 12.1 Å². The largest absolute Gasteiger partial charge is 0.508 e. The maximum absolute atomic E-state index is 13.9. The topological polar surface area (TPSA) is 170 Å². The van der Waals surface area contributed by atoms with E-state index in [1.807, 2.05) is 0 Å². The van der Waals surface area contributed by atoms with E-state index in [2.05, 4.69) is 20.6 Å². The predicted molar refractivity (Wildman–Crippen MR) is 151 cm³/mol. The summed E-state index contributed by atoms with van der Waals surface area (Å²) in [5.74, 6) is -4.34. The van der Waals surface area contributed by atoms with Crippen molar-refractivity contribution in [3.8, 4) is 28.3 Å². The van der Waals surface area contributed by atoms with E-state index in [4.69, 9.17) is 14.2 Å². The molecule has 2 saturated heterocycles. The van der Waals surface area contributed by atoms with Crippen molar-refractivity contribution in [3.05, 3.63) is 66.2 Å². The van der Waals surface area contributed by atoms with Gasteiger partial charge in [-0.05, 0) is 24.3 Å². The Balaban J connectivity index is 1.22. The quantitative estimate of drug-likeness (QED) is 0.204. The summed E-state index contributed by atoms with van der Waals surface area (Å²) < 4.78 is 61.5. The average Bonchev–Trinajstić information content (AvgIpc) is 3.72. The van der Waals surface area contributed by atoms with Gasteiger partial charge in [-0.1, -0.05) is 22.6 Å². The number of ether oxygens (including phenoxy) is 3. The summed E-state index contributed by atoms with van der Waals surface area (Å²) in [6.45, 7) is -0.281. The Morgan fingerprint density at radius 2 is 1.64 bits per heavy atom. The Hall–Kier alpha value is -3.58. The van der Waals surface area contributed by atoms with E-state index in [1.165, 1.54) is 40.5 Å². The number of benzene rings is 2. The van der Waals surface area contributed by atoms with Crippen molar-refractivity contribution < 1.29 is 47.8 Å². The molecule has 8 unspecified atom stereocenters. The second-order valence-electron chi connectivity index (χ2n) is 10.6.